The average molecular weight is 393 g/mol. The van der Waals surface area contributed by atoms with Crippen LogP contribution in [0.3, 0.4) is 0 Å². The zero-order chi connectivity index (χ0) is 20.9. The summed E-state index contributed by atoms with van der Waals surface area (Å²) in [7, 11) is 0. The number of ether oxygens (including phenoxy) is 1. The lowest BCUT2D eigenvalue weighted by Crippen LogP contribution is -2.05. The third kappa shape index (κ3) is 21.0. The molecule has 1 heterocycles. The molecule has 28 heavy (non-hydrogen) atoms. The summed E-state index contributed by atoms with van der Waals surface area (Å²) in [6.07, 6.45) is 23.3. The van der Waals surface area contributed by atoms with Crippen molar-refractivity contribution < 1.29 is 14.6 Å². The molecule has 0 fully saturated rings. The summed E-state index contributed by atoms with van der Waals surface area (Å²) in [6.45, 7) is 7.01. The van der Waals surface area contributed by atoms with E-state index in [1.165, 1.54) is 56.1 Å². The van der Waals surface area contributed by atoms with Crippen LogP contribution in [0.25, 0.3) is 0 Å². The summed E-state index contributed by atoms with van der Waals surface area (Å²) < 4.78 is 5.17. The van der Waals surface area contributed by atoms with Crippen LogP contribution in [0.2, 0.25) is 0 Å². The molecule has 0 atom stereocenters. The van der Waals surface area contributed by atoms with Gasteiger partial charge < -0.3 is 9.84 Å². The first kappa shape index (κ1) is 26.6. The van der Waals surface area contributed by atoms with E-state index < -0.39 is 0 Å². The van der Waals surface area contributed by atoms with Gasteiger partial charge in [-0.05, 0) is 65.7 Å². The molecule has 0 unspecified atom stereocenters. The van der Waals surface area contributed by atoms with Crippen molar-refractivity contribution in [3.63, 3.8) is 0 Å². The van der Waals surface area contributed by atoms with Gasteiger partial charge in [-0.25, -0.2) is 0 Å². The van der Waals surface area contributed by atoms with Gasteiger partial charge in [0.2, 0.25) is 0 Å². The fraction of sp³-hybridized carbons (Fsp3) is 0.720. The number of cyclic esters (lactones) is 1. The van der Waals surface area contributed by atoms with Crippen LogP contribution in [0.1, 0.15) is 104 Å². The monoisotopic (exact) mass is 392 g/mol. The second-order valence-electron chi connectivity index (χ2n) is 7.90. The Morgan fingerprint density at radius 1 is 0.929 bits per heavy atom. The van der Waals surface area contributed by atoms with Crippen molar-refractivity contribution in [2.24, 2.45) is 0 Å². The lowest BCUT2D eigenvalue weighted by Gasteiger charge is -2.05. The van der Waals surface area contributed by atoms with Crippen molar-refractivity contribution in [2.75, 3.05) is 13.2 Å². The highest BCUT2D eigenvalue weighted by Gasteiger charge is 2.02. The van der Waals surface area contributed by atoms with Crippen molar-refractivity contribution in [3.05, 3.63) is 35.5 Å². The number of hydrogen-bond donors (Lipinski definition) is 1. The molecule has 0 aromatic carbocycles. The lowest BCUT2D eigenvalue weighted by atomic mass is 10.1. The maximum Gasteiger partial charge on any atom is 0.305 e. The molecule has 1 aliphatic heterocycles. The molecule has 0 spiro atoms. The Kier molecular flexibility index (Phi) is 19.4. The second-order valence-corrected chi connectivity index (χ2v) is 7.90. The normalized spacial score (nSPS) is 17.9. The maximum atomic E-state index is 11.3. The lowest BCUT2D eigenvalue weighted by molar-refractivity contribution is -0.143. The first-order valence-electron chi connectivity index (χ1n) is 11.3. The summed E-state index contributed by atoms with van der Waals surface area (Å²) in [5.41, 5.74) is 2.63. The van der Waals surface area contributed by atoms with Gasteiger partial charge >= 0.3 is 5.97 Å². The van der Waals surface area contributed by atoms with Crippen molar-refractivity contribution in [3.8, 4) is 0 Å². The predicted octanol–water partition coefficient (Wildman–Crippen LogP) is 7.06. The Balaban J connectivity index is 0.000000576. The molecular formula is C25H44O3. The Labute approximate surface area is 173 Å². The van der Waals surface area contributed by atoms with E-state index in [1.807, 2.05) is 6.08 Å². The molecule has 0 amide bonds. The number of carbonyl (C=O) groups is 1. The Morgan fingerprint density at radius 3 is 2.18 bits per heavy atom. The van der Waals surface area contributed by atoms with Gasteiger partial charge in [0.15, 0.2) is 0 Å². The molecule has 162 valence electrons. The molecule has 1 rings (SSSR count). The fourth-order valence-corrected chi connectivity index (χ4v) is 2.96. The second kappa shape index (κ2) is 20.4. The zero-order valence-corrected chi connectivity index (χ0v) is 18.7. The minimum atomic E-state index is -0.0129. The van der Waals surface area contributed by atoms with E-state index in [0.717, 1.165) is 32.1 Å². The molecular weight excluding hydrogens is 348 g/mol. The topological polar surface area (TPSA) is 46.5 Å². The van der Waals surface area contributed by atoms with E-state index in [4.69, 9.17) is 9.84 Å². The SMILES string of the molecule is CC(C)=CCCC(C)=CCO.O=C1CCCCCCCCCC=CCCCO1. The number of carbonyl (C=O) groups excluding carboxylic acids is 1. The van der Waals surface area contributed by atoms with E-state index in [2.05, 4.69) is 39.0 Å². The number of rotatable bonds is 4. The van der Waals surface area contributed by atoms with Crippen LogP contribution in [0.15, 0.2) is 35.5 Å². The van der Waals surface area contributed by atoms with Crippen LogP contribution >= 0.6 is 0 Å². The number of aliphatic hydroxyl groups excluding tert-OH is 1. The standard InChI is InChI=1S/C15H26O2.C10H18O/c16-15-13-11-9-7-5-3-1-2-4-6-8-10-12-14-17-15;1-9(2)5-4-6-10(3)7-8-11/h6,8H,1-5,7,9-14H2;5,7,11H,4,6,8H2,1-3H3. The molecule has 0 radical (unpaired) electrons. The smallest absolute Gasteiger partial charge is 0.305 e. The quantitative estimate of drug-likeness (QED) is 0.411. The third-order valence-electron chi connectivity index (χ3n) is 4.73. The highest BCUT2D eigenvalue weighted by molar-refractivity contribution is 5.69. The Bertz CT molecular complexity index is 456. The molecule has 3 nitrogen and oxygen atoms in total. The van der Waals surface area contributed by atoms with Gasteiger partial charge in [0, 0.05) is 6.42 Å². The summed E-state index contributed by atoms with van der Waals surface area (Å²) in [6, 6.07) is 0. The van der Waals surface area contributed by atoms with Gasteiger partial charge in [-0.2, -0.15) is 0 Å². The van der Waals surface area contributed by atoms with Crippen molar-refractivity contribution in [1.29, 1.82) is 0 Å². The molecule has 0 bridgehead atoms. The largest absolute Gasteiger partial charge is 0.466 e. The summed E-state index contributed by atoms with van der Waals surface area (Å²) in [4.78, 5) is 11.3. The fourth-order valence-electron chi connectivity index (χ4n) is 2.96. The van der Waals surface area contributed by atoms with Crippen LogP contribution in [0, 0.1) is 0 Å². The number of allylic oxidation sites excluding steroid dienone is 5. The Hall–Kier alpha value is -1.35. The summed E-state index contributed by atoms with van der Waals surface area (Å²) in [5, 5.41) is 8.55. The van der Waals surface area contributed by atoms with E-state index in [-0.39, 0.29) is 12.6 Å². The molecule has 1 N–H and O–H groups in total. The predicted molar refractivity (Wildman–Crippen MR) is 120 cm³/mol. The van der Waals surface area contributed by atoms with Gasteiger partial charge in [0.25, 0.3) is 0 Å². The molecule has 0 saturated carbocycles. The molecule has 0 saturated heterocycles. The van der Waals surface area contributed by atoms with Crippen molar-refractivity contribution in [2.45, 2.75) is 104 Å². The summed E-state index contributed by atoms with van der Waals surface area (Å²) >= 11 is 0. The van der Waals surface area contributed by atoms with Gasteiger partial charge in [-0.1, -0.05) is 67.6 Å². The van der Waals surface area contributed by atoms with Crippen molar-refractivity contribution >= 4 is 5.97 Å². The highest BCUT2D eigenvalue weighted by atomic mass is 16.5. The number of aliphatic hydroxyl groups is 1. The third-order valence-corrected chi connectivity index (χ3v) is 4.73. The van der Waals surface area contributed by atoms with Crippen LogP contribution in [0.5, 0.6) is 0 Å². The average Bonchev–Trinajstić information content (AvgIpc) is 2.64. The van der Waals surface area contributed by atoms with Gasteiger partial charge in [-0.3, -0.25) is 4.79 Å². The molecule has 0 aromatic rings. The number of hydrogen-bond acceptors (Lipinski definition) is 3. The first-order chi connectivity index (χ1) is 13.6. The maximum absolute atomic E-state index is 11.3. The highest BCUT2D eigenvalue weighted by Crippen LogP contribution is 2.11. The van der Waals surface area contributed by atoms with E-state index in [1.54, 1.807) is 0 Å². The molecule has 0 aliphatic carbocycles. The molecule has 3 heteroatoms. The number of esters is 1. The van der Waals surface area contributed by atoms with Crippen LogP contribution < -0.4 is 0 Å². The van der Waals surface area contributed by atoms with E-state index in [9.17, 15) is 4.79 Å². The molecule has 1 aliphatic rings. The minimum Gasteiger partial charge on any atom is -0.466 e. The van der Waals surface area contributed by atoms with Crippen LogP contribution in [-0.4, -0.2) is 24.3 Å². The molecule has 0 aromatic heterocycles. The van der Waals surface area contributed by atoms with Gasteiger partial charge in [-0.15, -0.1) is 0 Å². The van der Waals surface area contributed by atoms with E-state index in [0.29, 0.717) is 13.0 Å². The van der Waals surface area contributed by atoms with Gasteiger partial charge in [0.05, 0.1) is 13.2 Å². The van der Waals surface area contributed by atoms with Crippen LogP contribution in [-0.2, 0) is 9.53 Å². The zero-order valence-electron chi connectivity index (χ0n) is 18.7. The van der Waals surface area contributed by atoms with Crippen molar-refractivity contribution in [1.82, 2.24) is 0 Å². The summed E-state index contributed by atoms with van der Waals surface area (Å²) in [5.74, 6) is -0.0129. The Morgan fingerprint density at radius 2 is 1.54 bits per heavy atom. The van der Waals surface area contributed by atoms with Crippen LogP contribution in [0.4, 0.5) is 0 Å². The minimum absolute atomic E-state index is 0.0129. The van der Waals surface area contributed by atoms with E-state index >= 15 is 0 Å². The van der Waals surface area contributed by atoms with Gasteiger partial charge in [0.1, 0.15) is 0 Å². The first-order valence-corrected chi connectivity index (χ1v) is 11.3.